The number of hydrogen-bond donors (Lipinski definition) is 0. The summed E-state index contributed by atoms with van der Waals surface area (Å²) in [4.78, 5) is 11.6. The van der Waals surface area contributed by atoms with Gasteiger partial charge in [-0.2, -0.15) is 0 Å². The van der Waals surface area contributed by atoms with Crippen LogP contribution in [0.15, 0.2) is 54.6 Å². The third-order valence-electron chi connectivity index (χ3n) is 2.89. The Labute approximate surface area is 121 Å². The van der Waals surface area contributed by atoms with Crippen LogP contribution in [0.1, 0.15) is 21.5 Å². The van der Waals surface area contributed by atoms with Gasteiger partial charge in [0.2, 0.25) is 0 Å². The van der Waals surface area contributed by atoms with Crippen LogP contribution < -0.4 is 0 Å². The number of esters is 1. The molecule has 0 saturated heterocycles. The Morgan fingerprint density at radius 1 is 1.11 bits per heavy atom. The van der Waals surface area contributed by atoms with Crippen molar-refractivity contribution in [3.05, 3.63) is 71.3 Å². The highest BCUT2D eigenvalue weighted by atomic mass is 79.9. The van der Waals surface area contributed by atoms with Gasteiger partial charge in [0.05, 0.1) is 0 Å². The van der Waals surface area contributed by atoms with Crippen molar-refractivity contribution in [1.82, 2.24) is 0 Å². The molecular weight excluding hydrogens is 304 g/mol. The van der Waals surface area contributed by atoms with Crippen molar-refractivity contribution < 1.29 is 9.53 Å². The van der Waals surface area contributed by atoms with Crippen molar-refractivity contribution >= 4 is 21.9 Å². The van der Waals surface area contributed by atoms with Crippen LogP contribution in [0.25, 0.3) is 0 Å². The molecule has 1 atom stereocenters. The van der Waals surface area contributed by atoms with Crippen LogP contribution in [-0.4, -0.2) is 5.97 Å². The van der Waals surface area contributed by atoms with E-state index < -0.39 is 4.83 Å². The van der Waals surface area contributed by atoms with Crippen molar-refractivity contribution in [2.24, 2.45) is 0 Å². The van der Waals surface area contributed by atoms with Crippen molar-refractivity contribution in [3.8, 4) is 0 Å². The third-order valence-corrected chi connectivity index (χ3v) is 3.76. The van der Waals surface area contributed by atoms with Crippen LogP contribution in [0.3, 0.4) is 0 Å². The van der Waals surface area contributed by atoms with Crippen molar-refractivity contribution in [2.45, 2.75) is 18.4 Å². The number of halogens is 1. The van der Waals surface area contributed by atoms with Gasteiger partial charge in [0.15, 0.2) is 0 Å². The lowest BCUT2D eigenvalue weighted by Gasteiger charge is -2.12. The van der Waals surface area contributed by atoms with Crippen molar-refractivity contribution in [3.63, 3.8) is 0 Å². The van der Waals surface area contributed by atoms with E-state index in [9.17, 15) is 4.79 Å². The lowest BCUT2D eigenvalue weighted by Crippen LogP contribution is -2.11. The summed E-state index contributed by atoms with van der Waals surface area (Å²) in [7, 11) is 0. The fourth-order valence-electron chi connectivity index (χ4n) is 1.80. The summed E-state index contributed by atoms with van der Waals surface area (Å²) in [5.41, 5.74) is 3.00. The Morgan fingerprint density at radius 2 is 1.74 bits per heavy atom. The first-order valence-electron chi connectivity index (χ1n) is 6.08. The molecule has 19 heavy (non-hydrogen) atoms. The van der Waals surface area contributed by atoms with Crippen LogP contribution in [0.4, 0.5) is 0 Å². The van der Waals surface area contributed by atoms with E-state index in [1.165, 1.54) is 0 Å². The van der Waals surface area contributed by atoms with E-state index in [2.05, 4.69) is 15.9 Å². The number of rotatable bonds is 4. The monoisotopic (exact) mass is 318 g/mol. The van der Waals surface area contributed by atoms with Gasteiger partial charge in [0, 0.05) is 0 Å². The molecule has 0 bridgehead atoms. The first-order chi connectivity index (χ1) is 9.18. The lowest BCUT2D eigenvalue weighted by atomic mass is 10.1. The fraction of sp³-hybridized carbons (Fsp3) is 0.188. The number of aryl methyl sites for hydroxylation is 1. The minimum Gasteiger partial charge on any atom is -0.460 e. The normalized spacial score (nSPS) is 11.9. The zero-order chi connectivity index (χ0) is 13.7. The van der Waals surface area contributed by atoms with E-state index >= 15 is 0 Å². The second-order valence-electron chi connectivity index (χ2n) is 4.31. The van der Waals surface area contributed by atoms with Crippen LogP contribution in [0.5, 0.6) is 0 Å². The quantitative estimate of drug-likeness (QED) is 0.624. The number of carbonyl (C=O) groups excluding carboxylic acids is 1. The lowest BCUT2D eigenvalue weighted by molar-refractivity contribution is -0.144. The summed E-state index contributed by atoms with van der Waals surface area (Å²) < 4.78 is 5.31. The molecule has 0 aliphatic carbocycles. The maximum Gasteiger partial charge on any atom is 0.324 e. The van der Waals surface area contributed by atoms with Crippen molar-refractivity contribution in [2.75, 3.05) is 0 Å². The van der Waals surface area contributed by atoms with Gasteiger partial charge in [-0.15, -0.1) is 0 Å². The maximum atomic E-state index is 12.0. The van der Waals surface area contributed by atoms with Crippen molar-refractivity contribution in [1.29, 1.82) is 0 Å². The third kappa shape index (κ3) is 3.67. The van der Waals surface area contributed by atoms with Gasteiger partial charge in [-0.05, 0) is 23.6 Å². The number of alkyl halides is 1. The van der Waals surface area contributed by atoms with Gasteiger partial charge in [-0.3, -0.25) is 4.79 Å². The summed E-state index contributed by atoms with van der Waals surface area (Å²) in [6, 6.07) is 17.4. The molecule has 0 fully saturated rings. The predicted octanol–water partition coefficient (Wildman–Crippen LogP) is 4.17. The van der Waals surface area contributed by atoms with E-state index in [1.54, 1.807) is 0 Å². The molecule has 0 N–H and O–H groups in total. The minimum absolute atomic E-state index is 0.266. The van der Waals surface area contributed by atoms with Crippen LogP contribution in [0.2, 0.25) is 0 Å². The highest BCUT2D eigenvalue weighted by molar-refractivity contribution is 9.09. The van der Waals surface area contributed by atoms with Gasteiger partial charge < -0.3 is 4.74 Å². The number of benzene rings is 2. The minimum atomic E-state index is -0.419. The molecule has 2 aromatic carbocycles. The number of ether oxygens (including phenoxy) is 1. The second-order valence-corrected chi connectivity index (χ2v) is 5.23. The van der Waals surface area contributed by atoms with Gasteiger partial charge in [-0.1, -0.05) is 70.5 Å². The average Bonchev–Trinajstić information content (AvgIpc) is 2.45. The van der Waals surface area contributed by atoms with E-state index in [0.29, 0.717) is 6.61 Å². The Hall–Kier alpha value is -1.61. The SMILES string of the molecule is Cc1ccccc1[C@H](Br)C(=O)OCc1ccccc1. The molecule has 3 heteroatoms. The summed E-state index contributed by atoms with van der Waals surface area (Å²) in [5, 5.41) is 0. The van der Waals surface area contributed by atoms with Crippen LogP contribution in [0, 0.1) is 6.92 Å². The molecule has 0 aromatic heterocycles. The molecule has 2 aromatic rings. The highest BCUT2D eigenvalue weighted by Crippen LogP contribution is 2.27. The molecule has 0 aliphatic rings. The van der Waals surface area contributed by atoms with E-state index in [4.69, 9.17) is 4.74 Å². The Kier molecular flexibility index (Phi) is 4.74. The zero-order valence-corrected chi connectivity index (χ0v) is 12.3. The zero-order valence-electron chi connectivity index (χ0n) is 10.7. The molecular formula is C16H15BrO2. The van der Waals surface area contributed by atoms with Crippen LogP contribution in [-0.2, 0) is 16.1 Å². The van der Waals surface area contributed by atoms with E-state index in [0.717, 1.165) is 16.7 Å². The predicted molar refractivity (Wildman–Crippen MR) is 79.1 cm³/mol. The standard InChI is InChI=1S/C16H15BrO2/c1-12-7-5-6-10-14(12)15(17)16(18)19-11-13-8-3-2-4-9-13/h2-10,15H,11H2,1H3/t15-/m0/s1. The molecule has 0 unspecified atom stereocenters. The Balaban J connectivity index is 1.99. The highest BCUT2D eigenvalue weighted by Gasteiger charge is 2.20. The summed E-state index contributed by atoms with van der Waals surface area (Å²) >= 11 is 3.40. The largest absolute Gasteiger partial charge is 0.460 e. The van der Waals surface area contributed by atoms with Gasteiger partial charge in [-0.25, -0.2) is 0 Å². The molecule has 0 aliphatic heterocycles. The summed E-state index contributed by atoms with van der Waals surface area (Å²) in [6.45, 7) is 2.28. The summed E-state index contributed by atoms with van der Waals surface area (Å²) in [5.74, 6) is -0.266. The number of carbonyl (C=O) groups is 1. The smallest absolute Gasteiger partial charge is 0.324 e. The molecule has 0 spiro atoms. The first kappa shape index (κ1) is 13.8. The molecule has 0 saturated carbocycles. The topological polar surface area (TPSA) is 26.3 Å². The summed E-state index contributed by atoms with van der Waals surface area (Å²) in [6.07, 6.45) is 0. The fourth-order valence-corrected chi connectivity index (χ4v) is 2.45. The van der Waals surface area contributed by atoms with Gasteiger partial charge in [0.1, 0.15) is 11.4 Å². The van der Waals surface area contributed by atoms with Gasteiger partial charge in [0.25, 0.3) is 0 Å². The first-order valence-corrected chi connectivity index (χ1v) is 7.00. The molecule has 0 amide bonds. The molecule has 98 valence electrons. The Morgan fingerprint density at radius 3 is 2.42 bits per heavy atom. The van der Waals surface area contributed by atoms with E-state index in [1.807, 2.05) is 61.5 Å². The molecule has 0 heterocycles. The number of hydrogen-bond acceptors (Lipinski definition) is 2. The Bertz CT molecular complexity index is 552. The van der Waals surface area contributed by atoms with Gasteiger partial charge >= 0.3 is 5.97 Å². The van der Waals surface area contributed by atoms with E-state index in [-0.39, 0.29) is 5.97 Å². The average molecular weight is 319 g/mol. The molecule has 2 nitrogen and oxygen atoms in total. The van der Waals surface area contributed by atoms with Crippen LogP contribution >= 0.6 is 15.9 Å². The molecule has 0 radical (unpaired) electrons. The second kappa shape index (κ2) is 6.53. The molecule has 2 rings (SSSR count). The maximum absolute atomic E-state index is 12.0.